The highest BCUT2D eigenvalue weighted by Gasteiger charge is 2.34. The van der Waals surface area contributed by atoms with Crippen molar-refractivity contribution >= 4 is 15.9 Å². The van der Waals surface area contributed by atoms with E-state index in [9.17, 15) is 13.2 Å². The van der Waals surface area contributed by atoms with E-state index in [2.05, 4.69) is 10.3 Å². The van der Waals surface area contributed by atoms with Crippen molar-refractivity contribution in [2.45, 2.75) is 19.5 Å². The van der Waals surface area contributed by atoms with Crippen LogP contribution in [0.15, 0.2) is 12.5 Å². The van der Waals surface area contributed by atoms with Crippen molar-refractivity contribution in [3.8, 4) is 0 Å². The Balaban J connectivity index is 2.37. The first-order valence-corrected chi connectivity index (χ1v) is 7.30. The summed E-state index contributed by atoms with van der Waals surface area (Å²) < 4.78 is 26.9. The first-order valence-electron chi connectivity index (χ1n) is 5.69. The molecule has 0 radical (unpaired) electrons. The molecule has 1 aromatic heterocycles. The van der Waals surface area contributed by atoms with Gasteiger partial charge in [0.2, 0.25) is 15.9 Å². The van der Waals surface area contributed by atoms with Crippen LogP contribution in [-0.4, -0.2) is 47.5 Å². The molecule has 2 heterocycles. The number of amides is 1. The number of hydrogen-bond acceptors (Lipinski definition) is 4. The lowest BCUT2D eigenvalue weighted by molar-refractivity contribution is -0.124. The summed E-state index contributed by atoms with van der Waals surface area (Å²) >= 11 is 0. The maximum absolute atomic E-state index is 11.9. The number of carbonyl (C=O) groups excluding carboxylic acids is 1. The predicted molar refractivity (Wildman–Crippen MR) is 65.2 cm³/mol. The van der Waals surface area contributed by atoms with Crippen LogP contribution in [0.25, 0.3) is 0 Å². The lowest BCUT2D eigenvalue weighted by Crippen LogP contribution is -2.46. The van der Waals surface area contributed by atoms with Gasteiger partial charge >= 0.3 is 0 Å². The quantitative estimate of drug-likeness (QED) is 0.791. The highest BCUT2D eigenvalue weighted by Crippen LogP contribution is 2.23. The van der Waals surface area contributed by atoms with Crippen LogP contribution in [-0.2, 0) is 21.4 Å². The van der Waals surface area contributed by atoms with E-state index >= 15 is 0 Å². The van der Waals surface area contributed by atoms with Crippen LogP contribution in [0.5, 0.6) is 0 Å². The highest BCUT2D eigenvalue weighted by molar-refractivity contribution is 7.89. The van der Waals surface area contributed by atoms with Crippen molar-refractivity contribution in [3.05, 3.63) is 18.2 Å². The predicted octanol–water partition coefficient (Wildman–Crippen LogP) is -0.664. The van der Waals surface area contributed by atoms with Crippen LogP contribution < -0.4 is 5.32 Å². The number of nitrogens with zero attached hydrogens (tertiary/aromatic N) is 3. The Hall–Kier alpha value is -1.41. The van der Waals surface area contributed by atoms with E-state index in [-0.39, 0.29) is 24.7 Å². The molecule has 0 aromatic carbocycles. The van der Waals surface area contributed by atoms with E-state index in [1.54, 1.807) is 24.0 Å². The molecule has 0 fully saturated rings. The molecule has 0 aliphatic carbocycles. The summed E-state index contributed by atoms with van der Waals surface area (Å²) in [5.41, 5.74) is 0.729. The molecule has 0 saturated carbocycles. The Morgan fingerprint density at radius 1 is 1.61 bits per heavy atom. The average Bonchev–Trinajstić information content (AvgIpc) is 2.84. The van der Waals surface area contributed by atoms with Gasteiger partial charge in [0.25, 0.3) is 0 Å². The van der Waals surface area contributed by atoms with Gasteiger partial charge in [0.05, 0.1) is 24.3 Å². The van der Waals surface area contributed by atoms with E-state index in [1.807, 2.05) is 0 Å². The summed E-state index contributed by atoms with van der Waals surface area (Å²) in [6.07, 6.45) is 3.15. The Morgan fingerprint density at radius 3 is 2.94 bits per heavy atom. The summed E-state index contributed by atoms with van der Waals surface area (Å²) in [5, 5.41) is 2.55. The summed E-state index contributed by atoms with van der Waals surface area (Å²) in [5.74, 6) is -0.188. The minimum Gasteiger partial charge on any atom is -0.357 e. The number of aromatic nitrogens is 2. The second-order valence-corrected chi connectivity index (χ2v) is 6.37. The fraction of sp³-hybridized carbons (Fsp3) is 0.600. The SMILES string of the molecule is CCS(=O)(=O)N1Cc2cncn2C(C(=O)NC)C1. The van der Waals surface area contributed by atoms with Crippen LogP contribution in [0.1, 0.15) is 18.7 Å². The first-order chi connectivity index (χ1) is 8.49. The zero-order chi connectivity index (χ0) is 13.3. The van der Waals surface area contributed by atoms with Gasteiger partial charge in [-0.25, -0.2) is 13.4 Å². The zero-order valence-corrected chi connectivity index (χ0v) is 11.1. The molecule has 18 heavy (non-hydrogen) atoms. The van der Waals surface area contributed by atoms with Crippen LogP contribution in [0.3, 0.4) is 0 Å². The van der Waals surface area contributed by atoms with Crippen molar-refractivity contribution in [1.29, 1.82) is 0 Å². The average molecular weight is 272 g/mol. The third-order valence-corrected chi connectivity index (χ3v) is 4.90. The number of sulfonamides is 1. The van der Waals surface area contributed by atoms with E-state index in [0.29, 0.717) is 0 Å². The molecule has 1 atom stereocenters. The Bertz CT molecular complexity index is 551. The summed E-state index contributed by atoms with van der Waals surface area (Å²) in [7, 11) is -1.77. The van der Waals surface area contributed by atoms with Crippen LogP contribution in [0, 0.1) is 0 Å². The second kappa shape index (κ2) is 4.69. The Kier molecular flexibility index (Phi) is 3.40. The molecule has 1 unspecified atom stereocenters. The summed E-state index contributed by atoms with van der Waals surface area (Å²) in [4.78, 5) is 15.8. The fourth-order valence-corrected chi connectivity index (χ4v) is 3.09. The smallest absolute Gasteiger partial charge is 0.244 e. The van der Waals surface area contributed by atoms with Gasteiger partial charge in [-0.15, -0.1) is 0 Å². The minimum absolute atomic E-state index is 0.0294. The molecule has 1 aromatic rings. The van der Waals surface area contributed by atoms with Crippen LogP contribution >= 0.6 is 0 Å². The number of carbonyl (C=O) groups is 1. The first kappa shape index (κ1) is 13.0. The monoisotopic (exact) mass is 272 g/mol. The number of nitrogens with one attached hydrogen (secondary N) is 1. The molecular formula is C10H16N4O3S. The zero-order valence-electron chi connectivity index (χ0n) is 10.3. The number of likely N-dealkylation sites (N-methyl/N-ethyl adjacent to an activating group) is 1. The van der Waals surface area contributed by atoms with Crippen LogP contribution in [0.2, 0.25) is 0 Å². The minimum atomic E-state index is -3.30. The van der Waals surface area contributed by atoms with Crippen molar-refractivity contribution in [3.63, 3.8) is 0 Å². The van der Waals surface area contributed by atoms with Gasteiger partial charge in [-0.05, 0) is 6.92 Å². The van der Waals surface area contributed by atoms with Gasteiger partial charge in [-0.1, -0.05) is 0 Å². The van der Waals surface area contributed by atoms with E-state index < -0.39 is 16.1 Å². The van der Waals surface area contributed by atoms with Crippen molar-refractivity contribution in [2.75, 3.05) is 19.3 Å². The van der Waals surface area contributed by atoms with Gasteiger partial charge in [0.1, 0.15) is 6.04 Å². The molecule has 1 amide bonds. The number of hydrogen-bond donors (Lipinski definition) is 1. The van der Waals surface area contributed by atoms with Crippen molar-refractivity contribution < 1.29 is 13.2 Å². The lowest BCUT2D eigenvalue weighted by atomic mass is 10.2. The molecule has 2 rings (SSSR count). The third-order valence-electron chi connectivity index (χ3n) is 3.10. The van der Waals surface area contributed by atoms with Crippen molar-refractivity contribution in [2.24, 2.45) is 0 Å². The highest BCUT2D eigenvalue weighted by atomic mass is 32.2. The molecule has 0 bridgehead atoms. The summed E-state index contributed by atoms with van der Waals surface area (Å²) in [6, 6.07) is -0.553. The molecule has 1 aliphatic heterocycles. The molecule has 1 aliphatic rings. The fourth-order valence-electron chi connectivity index (χ4n) is 2.03. The molecular weight excluding hydrogens is 256 g/mol. The van der Waals surface area contributed by atoms with Gasteiger partial charge in [0.15, 0.2) is 0 Å². The standard InChI is InChI=1S/C10H16N4O3S/c1-3-18(16,17)13-5-8-4-12-7-14(8)9(6-13)10(15)11-2/h4,7,9H,3,5-6H2,1-2H3,(H,11,15). The largest absolute Gasteiger partial charge is 0.357 e. The van der Waals surface area contributed by atoms with Gasteiger partial charge in [0, 0.05) is 19.8 Å². The Labute approximate surface area is 106 Å². The van der Waals surface area contributed by atoms with E-state index in [0.717, 1.165) is 5.69 Å². The molecule has 0 saturated heterocycles. The molecule has 100 valence electrons. The molecule has 7 nitrogen and oxygen atoms in total. The summed E-state index contributed by atoms with van der Waals surface area (Å²) in [6.45, 7) is 2.01. The number of imidazole rings is 1. The molecule has 8 heteroatoms. The molecule has 0 spiro atoms. The normalized spacial score (nSPS) is 20.4. The second-order valence-electron chi connectivity index (χ2n) is 4.12. The van der Waals surface area contributed by atoms with Crippen LogP contribution in [0.4, 0.5) is 0 Å². The Morgan fingerprint density at radius 2 is 2.33 bits per heavy atom. The third kappa shape index (κ3) is 2.13. The number of rotatable bonds is 3. The van der Waals surface area contributed by atoms with Gasteiger partial charge in [-0.3, -0.25) is 4.79 Å². The van der Waals surface area contributed by atoms with E-state index in [1.165, 1.54) is 11.4 Å². The topological polar surface area (TPSA) is 84.3 Å². The van der Waals surface area contributed by atoms with Gasteiger partial charge in [-0.2, -0.15) is 4.31 Å². The molecule has 1 N–H and O–H groups in total. The van der Waals surface area contributed by atoms with E-state index in [4.69, 9.17) is 0 Å². The maximum Gasteiger partial charge on any atom is 0.244 e. The maximum atomic E-state index is 11.9. The lowest BCUT2D eigenvalue weighted by Gasteiger charge is -2.32. The van der Waals surface area contributed by atoms with Crippen molar-refractivity contribution in [1.82, 2.24) is 19.2 Å². The number of fused-ring (bicyclic) bond motifs is 1. The van der Waals surface area contributed by atoms with Gasteiger partial charge < -0.3 is 9.88 Å².